The maximum Gasteiger partial charge on any atom is 0.274 e. The highest BCUT2D eigenvalue weighted by Gasteiger charge is 2.42. The maximum absolute atomic E-state index is 13.4. The van der Waals surface area contributed by atoms with E-state index in [4.69, 9.17) is 0 Å². The predicted molar refractivity (Wildman–Crippen MR) is 108 cm³/mol. The molecule has 3 aromatic rings. The lowest BCUT2D eigenvalue weighted by Crippen LogP contribution is -2.53. The molecule has 0 aromatic carbocycles. The molecule has 3 aromatic heterocycles. The van der Waals surface area contributed by atoms with Gasteiger partial charge in [0.2, 0.25) is 0 Å². The van der Waals surface area contributed by atoms with Crippen LogP contribution in [0.3, 0.4) is 0 Å². The Labute approximate surface area is 168 Å². The molecular weight excluding hydrogens is 368 g/mol. The first-order chi connectivity index (χ1) is 14.0. The second-order valence-electron chi connectivity index (χ2n) is 8.33. The summed E-state index contributed by atoms with van der Waals surface area (Å²) in [6, 6.07) is 9.21. The number of aromatic nitrogens is 4. The standard InChI is InChI=1S/C21H24N6O2/c1-24(2)13-18-15-9-14(16-5-3-7-20(28)26(16)18)11-25(12-15)21(29)17-10-22-19-6-4-8-23-27(17)19/h3-8,10,14-15,18H,9,11-13H2,1-2H3/t14-,15+,18+/m1/s1. The van der Waals surface area contributed by atoms with Crippen molar-refractivity contribution in [2.45, 2.75) is 18.4 Å². The van der Waals surface area contributed by atoms with Crippen LogP contribution in [-0.2, 0) is 0 Å². The van der Waals surface area contributed by atoms with E-state index in [0.29, 0.717) is 24.4 Å². The number of rotatable bonds is 3. The van der Waals surface area contributed by atoms with Crippen LogP contribution < -0.4 is 5.56 Å². The highest BCUT2D eigenvalue weighted by molar-refractivity contribution is 5.93. The molecule has 1 amide bonds. The number of fused-ring (bicyclic) bond motifs is 5. The van der Waals surface area contributed by atoms with Gasteiger partial charge >= 0.3 is 0 Å². The number of carbonyl (C=O) groups excluding carboxylic acids is 1. The zero-order valence-electron chi connectivity index (χ0n) is 16.6. The third-order valence-electron chi connectivity index (χ3n) is 6.13. The third kappa shape index (κ3) is 2.95. The number of carbonyl (C=O) groups is 1. The second-order valence-corrected chi connectivity index (χ2v) is 8.33. The van der Waals surface area contributed by atoms with Crippen molar-refractivity contribution >= 4 is 11.6 Å². The second kappa shape index (κ2) is 6.81. The van der Waals surface area contributed by atoms with Gasteiger partial charge in [-0.15, -0.1) is 0 Å². The van der Waals surface area contributed by atoms with Gasteiger partial charge in [-0.1, -0.05) is 6.07 Å². The predicted octanol–water partition coefficient (Wildman–Crippen LogP) is 1.25. The van der Waals surface area contributed by atoms with E-state index in [0.717, 1.165) is 18.7 Å². The Bertz CT molecular complexity index is 1130. The first-order valence-electron chi connectivity index (χ1n) is 9.97. The van der Waals surface area contributed by atoms with E-state index < -0.39 is 0 Å². The van der Waals surface area contributed by atoms with Crippen molar-refractivity contribution in [3.05, 3.63) is 64.5 Å². The van der Waals surface area contributed by atoms with Gasteiger partial charge in [0.1, 0.15) is 0 Å². The molecule has 29 heavy (non-hydrogen) atoms. The average molecular weight is 392 g/mol. The molecule has 0 radical (unpaired) electrons. The molecule has 2 aliphatic rings. The number of imidazole rings is 1. The number of pyridine rings is 1. The van der Waals surface area contributed by atoms with Crippen molar-refractivity contribution in [3.8, 4) is 0 Å². The molecule has 3 atom stereocenters. The summed E-state index contributed by atoms with van der Waals surface area (Å²) in [6.07, 6.45) is 4.26. The van der Waals surface area contributed by atoms with Crippen LogP contribution in [0.4, 0.5) is 0 Å². The van der Waals surface area contributed by atoms with Crippen LogP contribution in [0.15, 0.2) is 47.5 Å². The lowest BCUT2D eigenvalue weighted by Gasteiger charge is -2.47. The Morgan fingerprint density at radius 2 is 2.07 bits per heavy atom. The molecule has 1 saturated heterocycles. The monoisotopic (exact) mass is 392 g/mol. The van der Waals surface area contributed by atoms with E-state index in [1.165, 1.54) is 0 Å². The number of piperidine rings is 1. The van der Waals surface area contributed by atoms with Crippen molar-refractivity contribution in [3.63, 3.8) is 0 Å². The van der Waals surface area contributed by atoms with Gasteiger partial charge in [-0.25, -0.2) is 9.50 Å². The minimum absolute atomic E-state index is 0.0508. The number of likely N-dealkylation sites (tertiary alicyclic amines) is 1. The van der Waals surface area contributed by atoms with Gasteiger partial charge in [-0.05, 0) is 44.6 Å². The third-order valence-corrected chi connectivity index (χ3v) is 6.13. The summed E-state index contributed by atoms with van der Waals surface area (Å²) in [6.45, 7) is 2.01. The van der Waals surface area contributed by atoms with Crippen LogP contribution in [0.1, 0.15) is 34.6 Å². The Hall–Kier alpha value is -3.00. The summed E-state index contributed by atoms with van der Waals surface area (Å²) in [7, 11) is 4.05. The van der Waals surface area contributed by atoms with E-state index in [-0.39, 0.29) is 29.3 Å². The minimum atomic E-state index is -0.0544. The molecule has 0 saturated carbocycles. The van der Waals surface area contributed by atoms with Crippen molar-refractivity contribution in [2.75, 3.05) is 33.7 Å². The van der Waals surface area contributed by atoms with Crippen molar-refractivity contribution in [2.24, 2.45) is 5.92 Å². The van der Waals surface area contributed by atoms with Gasteiger partial charge in [0, 0.05) is 43.5 Å². The zero-order chi connectivity index (χ0) is 20.1. The van der Waals surface area contributed by atoms with Crippen LogP contribution in [0.5, 0.6) is 0 Å². The van der Waals surface area contributed by atoms with Crippen LogP contribution in [0, 0.1) is 5.92 Å². The molecular formula is C21H24N6O2. The summed E-state index contributed by atoms with van der Waals surface area (Å²) in [5, 5.41) is 4.29. The number of likely N-dealkylation sites (N-methyl/N-ethyl adjacent to an activating group) is 1. The van der Waals surface area contributed by atoms with E-state index in [1.54, 1.807) is 23.0 Å². The van der Waals surface area contributed by atoms with E-state index >= 15 is 0 Å². The van der Waals surface area contributed by atoms with Crippen LogP contribution >= 0.6 is 0 Å². The van der Waals surface area contributed by atoms with Crippen LogP contribution in [0.2, 0.25) is 0 Å². The molecule has 5 heterocycles. The molecule has 1 fully saturated rings. The van der Waals surface area contributed by atoms with Gasteiger partial charge in [0.25, 0.3) is 11.5 Å². The zero-order valence-corrected chi connectivity index (χ0v) is 16.6. The van der Waals surface area contributed by atoms with E-state index in [1.807, 2.05) is 47.8 Å². The Kier molecular flexibility index (Phi) is 4.24. The normalized spacial score (nSPS) is 23.4. The number of amides is 1. The average Bonchev–Trinajstić information content (AvgIpc) is 3.14. The van der Waals surface area contributed by atoms with Crippen LogP contribution in [0.25, 0.3) is 5.65 Å². The topological polar surface area (TPSA) is 75.7 Å². The molecule has 0 N–H and O–H groups in total. The molecule has 150 valence electrons. The molecule has 8 nitrogen and oxygen atoms in total. The molecule has 2 aliphatic heterocycles. The Balaban J connectivity index is 1.52. The fourth-order valence-electron chi connectivity index (χ4n) is 4.95. The van der Waals surface area contributed by atoms with E-state index in [9.17, 15) is 9.59 Å². The molecule has 8 heteroatoms. The molecule has 2 bridgehead atoms. The highest BCUT2D eigenvalue weighted by Crippen LogP contribution is 2.41. The quantitative estimate of drug-likeness (QED) is 0.671. The van der Waals surface area contributed by atoms with Gasteiger partial charge in [0.15, 0.2) is 11.3 Å². The first kappa shape index (κ1) is 18.1. The summed E-state index contributed by atoms with van der Waals surface area (Å²) in [4.78, 5) is 34.4. The minimum Gasteiger partial charge on any atom is -0.336 e. The largest absolute Gasteiger partial charge is 0.336 e. The van der Waals surface area contributed by atoms with Crippen molar-refractivity contribution in [1.29, 1.82) is 0 Å². The lowest BCUT2D eigenvalue weighted by molar-refractivity contribution is 0.0491. The fourth-order valence-corrected chi connectivity index (χ4v) is 4.95. The van der Waals surface area contributed by atoms with Gasteiger partial charge in [-0.3, -0.25) is 9.59 Å². The van der Waals surface area contributed by atoms with Gasteiger partial charge in [-0.2, -0.15) is 5.10 Å². The molecule has 0 spiro atoms. The SMILES string of the molecule is CN(C)C[C@H]1[C@H]2C[C@H](CN(C(=O)c3cnc4cccnn34)C2)c2cccc(=O)n21. The summed E-state index contributed by atoms with van der Waals surface area (Å²) < 4.78 is 3.57. The first-order valence-corrected chi connectivity index (χ1v) is 9.97. The van der Waals surface area contributed by atoms with E-state index in [2.05, 4.69) is 15.0 Å². The number of nitrogens with zero attached hydrogens (tertiary/aromatic N) is 6. The van der Waals surface area contributed by atoms with Gasteiger partial charge in [0.05, 0.1) is 12.2 Å². The highest BCUT2D eigenvalue weighted by atomic mass is 16.2. The smallest absolute Gasteiger partial charge is 0.274 e. The summed E-state index contributed by atoms with van der Waals surface area (Å²) in [5.74, 6) is 0.346. The lowest BCUT2D eigenvalue weighted by atomic mass is 9.78. The van der Waals surface area contributed by atoms with Crippen molar-refractivity contribution < 1.29 is 4.79 Å². The molecule has 0 unspecified atom stereocenters. The van der Waals surface area contributed by atoms with Gasteiger partial charge < -0.3 is 14.4 Å². The number of hydrogen-bond donors (Lipinski definition) is 0. The fraction of sp³-hybridized carbons (Fsp3) is 0.429. The van der Waals surface area contributed by atoms with Crippen LogP contribution in [-0.4, -0.2) is 68.6 Å². The van der Waals surface area contributed by atoms with Crippen molar-refractivity contribution in [1.82, 2.24) is 29.0 Å². The summed E-state index contributed by atoms with van der Waals surface area (Å²) >= 11 is 0. The Morgan fingerprint density at radius 3 is 2.90 bits per heavy atom. The molecule has 0 aliphatic carbocycles. The maximum atomic E-state index is 13.4. The summed E-state index contributed by atoms with van der Waals surface area (Å²) in [5.41, 5.74) is 2.23. The molecule has 5 rings (SSSR count). The number of hydrogen-bond acceptors (Lipinski definition) is 5. The Morgan fingerprint density at radius 1 is 1.21 bits per heavy atom.